The van der Waals surface area contributed by atoms with E-state index in [0.717, 1.165) is 63.2 Å². The minimum atomic E-state index is -0.864. The number of nitrogens with zero attached hydrogens (tertiary/aromatic N) is 5. The average molecular weight is 939 g/mol. The van der Waals surface area contributed by atoms with Crippen molar-refractivity contribution in [2.75, 3.05) is 58.9 Å². The van der Waals surface area contributed by atoms with Gasteiger partial charge in [-0.25, -0.2) is 14.4 Å². The Labute approximate surface area is 384 Å². The zero-order chi connectivity index (χ0) is 44.8. The Morgan fingerprint density at radius 2 is 1.32 bits per heavy atom. The van der Waals surface area contributed by atoms with Crippen molar-refractivity contribution in [2.24, 2.45) is 0 Å². The van der Waals surface area contributed by atoms with Crippen LogP contribution < -0.4 is 4.74 Å². The number of carbonyl (C=O) groups is 2. The lowest BCUT2D eigenvalue weighted by atomic mass is 9.90. The zero-order valence-electron chi connectivity index (χ0n) is 36.1. The minimum Gasteiger partial charge on any atom is -0.497 e. The third-order valence-corrected chi connectivity index (χ3v) is 15.8. The fraction of sp³-hybridized carbons (Fsp3) is 0.413. The van der Waals surface area contributed by atoms with Gasteiger partial charge in [0.2, 0.25) is 0 Å². The number of carbonyl (C=O) groups excluding carboxylic acids is 2. The van der Waals surface area contributed by atoms with E-state index in [1.54, 1.807) is 26.2 Å². The Bertz CT molecular complexity index is 2530. The molecule has 6 heterocycles. The molecular formula is C46H53ClFN5O5S4. The van der Waals surface area contributed by atoms with Gasteiger partial charge in [0.15, 0.2) is 17.4 Å². The number of hydrogen-bond acceptors (Lipinski definition) is 14. The topological polar surface area (TPSA) is 129 Å². The van der Waals surface area contributed by atoms with Crippen LogP contribution in [0.2, 0.25) is 5.02 Å². The molecule has 2 aliphatic rings. The van der Waals surface area contributed by atoms with Crippen molar-refractivity contribution < 1.29 is 28.9 Å². The molecule has 6 aromatic rings. The molecule has 16 heteroatoms. The summed E-state index contributed by atoms with van der Waals surface area (Å²) in [5.74, 6) is 1.22. The van der Waals surface area contributed by atoms with E-state index in [4.69, 9.17) is 16.3 Å². The Kier molecular flexibility index (Phi) is 16.2. The Morgan fingerprint density at radius 3 is 1.87 bits per heavy atom. The molecule has 2 aromatic carbocycles. The largest absolute Gasteiger partial charge is 0.497 e. The first kappa shape index (κ1) is 48.0. The highest BCUT2D eigenvalue weighted by Gasteiger charge is 2.36. The highest BCUT2D eigenvalue weighted by atomic mass is 35.5. The second-order valence-electron chi connectivity index (χ2n) is 15.4. The van der Waals surface area contributed by atoms with Gasteiger partial charge in [-0.2, -0.15) is 0 Å². The molecule has 0 spiro atoms. The van der Waals surface area contributed by atoms with Crippen molar-refractivity contribution in [3.8, 4) is 5.75 Å². The van der Waals surface area contributed by atoms with E-state index in [0.29, 0.717) is 57.4 Å². The number of benzene rings is 2. The number of rotatable bonds is 11. The normalized spacial score (nSPS) is 16.3. The summed E-state index contributed by atoms with van der Waals surface area (Å²) in [4.78, 5) is 47.3. The van der Waals surface area contributed by atoms with Crippen LogP contribution in [0.15, 0.2) is 70.6 Å². The average Bonchev–Trinajstić information content (AvgIpc) is 3.98. The maximum absolute atomic E-state index is 14.2. The van der Waals surface area contributed by atoms with E-state index >= 15 is 0 Å². The molecule has 10 nitrogen and oxygen atoms in total. The summed E-state index contributed by atoms with van der Waals surface area (Å²) >= 11 is 11.5. The minimum absolute atomic E-state index is 0.0558. The van der Waals surface area contributed by atoms with Gasteiger partial charge in [-0.15, -0.1) is 34.4 Å². The van der Waals surface area contributed by atoms with E-state index in [1.165, 1.54) is 52.3 Å². The molecule has 0 radical (unpaired) electrons. The summed E-state index contributed by atoms with van der Waals surface area (Å²) in [6, 6.07) is 18.1. The number of piperidine rings is 2. The van der Waals surface area contributed by atoms with Crippen LogP contribution in [0.3, 0.4) is 0 Å². The van der Waals surface area contributed by atoms with Gasteiger partial charge in [0.05, 0.1) is 33.9 Å². The van der Waals surface area contributed by atoms with Gasteiger partial charge < -0.3 is 24.7 Å². The number of Topliss-reactive ketones (excluding diaryl/α,β-unsaturated/α-hetero) is 2. The number of aliphatic hydroxyl groups is 2. The SMILES string of the molecule is CC.COc1ccc2nc(C)cc(SCC(=O)c3ccc(C4(O)CCN(C)CC4)s3)c2c1.Cc1nc(SCC(=O)c2ccc(C3(O)CCN(C)CC3)s2)c2cc(Cl)cc(F)c2n1. The molecule has 4 aromatic heterocycles. The van der Waals surface area contributed by atoms with Gasteiger partial charge in [-0.1, -0.05) is 37.2 Å². The van der Waals surface area contributed by atoms with Crippen molar-refractivity contribution in [3.05, 3.63) is 103 Å². The van der Waals surface area contributed by atoms with Crippen LogP contribution in [-0.4, -0.2) is 105 Å². The Balaban J connectivity index is 0.000000199. The van der Waals surface area contributed by atoms with Gasteiger partial charge >= 0.3 is 0 Å². The number of fused-ring (bicyclic) bond motifs is 2. The van der Waals surface area contributed by atoms with Gasteiger partial charge in [-0.05, 0) is 114 Å². The second kappa shape index (κ2) is 21.0. The lowest BCUT2D eigenvalue weighted by molar-refractivity contribution is -0.0175. The van der Waals surface area contributed by atoms with Gasteiger partial charge in [0.1, 0.15) is 33.3 Å². The number of aryl methyl sites for hydroxylation is 2. The summed E-state index contributed by atoms with van der Waals surface area (Å²) in [6.07, 6.45) is 2.73. The van der Waals surface area contributed by atoms with Crippen LogP contribution in [0.1, 0.15) is 80.1 Å². The number of pyridine rings is 1. The van der Waals surface area contributed by atoms with E-state index in [-0.39, 0.29) is 27.9 Å². The molecule has 0 unspecified atom stereocenters. The number of ketones is 2. The molecule has 0 bridgehead atoms. The predicted octanol–water partition coefficient (Wildman–Crippen LogP) is 10.2. The van der Waals surface area contributed by atoms with Gasteiger partial charge in [0.25, 0.3) is 0 Å². The second-order valence-corrected chi connectivity index (χ2v) is 20.0. The summed E-state index contributed by atoms with van der Waals surface area (Å²) in [5.41, 5.74) is 0.346. The van der Waals surface area contributed by atoms with E-state index < -0.39 is 17.0 Å². The first-order valence-corrected chi connectivity index (χ1v) is 24.5. The molecular weight excluding hydrogens is 885 g/mol. The molecule has 0 atom stereocenters. The third-order valence-electron chi connectivity index (χ3n) is 10.9. The smallest absolute Gasteiger partial charge is 0.183 e. The Hall–Kier alpha value is -3.51. The standard InChI is InChI=1S/C23H26N2O3S2.C21H21ClFN3O2S2.C2H6/c1-15-12-21(17-13-16(28-3)4-5-18(17)24-15)29-14-19(26)20-6-7-22(30-20)23(27)8-10-25(2)11-9-23;1-12-24-19-14(9-13(22)10-15(19)23)20(25-12)29-11-16(27)17-3-4-18(30-17)21(28)5-7-26(2)8-6-21;1-2/h4-7,12-13,27H,8-11,14H2,1-3H3;3-4,9-10,28H,5-8,11H2,1-2H3;1-2H3. The van der Waals surface area contributed by atoms with Crippen LogP contribution in [0.25, 0.3) is 21.8 Å². The fourth-order valence-electron chi connectivity index (χ4n) is 7.26. The molecule has 0 saturated carbocycles. The number of halogens is 2. The number of ether oxygens (including phenoxy) is 1. The highest BCUT2D eigenvalue weighted by molar-refractivity contribution is 8.00. The van der Waals surface area contributed by atoms with Crippen LogP contribution in [0, 0.1) is 19.7 Å². The van der Waals surface area contributed by atoms with Crippen molar-refractivity contribution in [1.82, 2.24) is 24.8 Å². The highest BCUT2D eigenvalue weighted by Crippen LogP contribution is 2.39. The zero-order valence-corrected chi connectivity index (χ0v) is 40.1. The van der Waals surface area contributed by atoms with Crippen molar-refractivity contribution >= 4 is 91.2 Å². The van der Waals surface area contributed by atoms with Crippen molar-refractivity contribution in [2.45, 2.75) is 74.5 Å². The summed E-state index contributed by atoms with van der Waals surface area (Å²) < 4.78 is 19.6. The number of thioether (sulfide) groups is 2. The number of aromatic nitrogens is 3. The molecule has 62 heavy (non-hydrogen) atoms. The van der Waals surface area contributed by atoms with Crippen molar-refractivity contribution in [1.29, 1.82) is 0 Å². The molecule has 2 saturated heterocycles. The molecule has 330 valence electrons. The summed E-state index contributed by atoms with van der Waals surface area (Å²) in [7, 11) is 5.75. The fourth-order valence-corrected chi connectivity index (χ4v) is 11.8. The van der Waals surface area contributed by atoms with Crippen LogP contribution >= 0.6 is 57.8 Å². The van der Waals surface area contributed by atoms with Crippen LogP contribution in [-0.2, 0) is 11.2 Å². The maximum Gasteiger partial charge on any atom is 0.183 e. The number of thiophene rings is 2. The number of methoxy groups -OCH3 is 1. The molecule has 0 amide bonds. The lowest BCUT2D eigenvalue weighted by Gasteiger charge is -2.35. The summed E-state index contributed by atoms with van der Waals surface area (Å²) in [5, 5.41) is 24.2. The first-order valence-electron chi connectivity index (χ1n) is 20.6. The molecule has 2 aliphatic heterocycles. The molecule has 8 rings (SSSR count). The maximum atomic E-state index is 14.2. The van der Waals surface area contributed by atoms with Crippen molar-refractivity contribution in [3.63, 3.8) is 0 Å². The quantitative estimate of drug-likeness (QED) is 0.0729. The monoisotopic (exact) mass is 937 g/mol. The van der Waals surface area contributed by atoms with Crippen LogP contribution in [0.5, 0.6) is 5.75 Å². The number of hydrogen-bond donors (Lipinski definition) is 2. The lowest BCUT2D eigenvalue weighted by Crippen LogP contribution is -2.40. The first-order chi connectivity index (χ1) is 29.6. The van der Waals surface area contributed by atoms with Gasteiger partial charge in [-0.3, -0.25) is 14.6 Å². The molecule has 2 fully saturated rings. The molecule has 2 N–H and O–H groups in total. The summed E-state index contributed by atoms with van der Waals surface area (Å²) in [6.45, 7) is 11.0. The number of likely N-dealkylation sites (tertiary alicyclic amines) is 2. The Morgan fingerprint density at radius 1 is 0.774 bits per heavy atom. The molecule has 0 aliphatic carbocycles. The van der Waals surface area contributed by atoms with E-state index in [1.807, 2.05) is 70.3 Å². The third kappa shape index (κ3) is 11.4. The van der Waals surface area contributed by atoms with Gasteiger partial charge in [0, 0.05) is 62.3 Å². The van der Waals surface area contributed by atoms with E-state index in [9.17, 15) is 24.2 Å². The van der Waals surface area contributed by atoms with Crippen LogP contribution in [0.4, 0.5) is 4.39 Å². The predicted molar refractivity (Wildman–Crippen MR) is 254 cm³/mol. The van der Waals surface area contributed by atoms with E-state index in [2.05, 4.69) is 31.8 Å².